The first kappa shape index (κ1) is 21.7. The second-order valence-electron chi connectivity index (χ2n) is 4.35. The van der Waals surface area contributed by atoms with Crippen LogP contribution in [-0.4, -0.2) is 35.5 Å². The number of benzene rings is 1. The Kier molecular flexibility index (Phi) is 9.92. The summed E-state index contributed by atoms with van der Waals surface area (Å²) in [5, 5.41) is 11.1. The minimum atomic E-state index is -1.20. The maximum atomic E-state index is 11.1. The van der Waals surface area contributed by atoms with E-state index in [9.17, 15) is 19.2 Å². The van der Waals surface area contributed by atoms with Crippen molar-refractivity contribution < 1.29 is 86.6 Å². The molecule has 1 amide bonds. The predicted molar refractivity (Wildman–Crippen MR) is 74.5 cm³/mol. The third-order valence-corrected chi connectivity index (χ3v) is 2.52. The van der Waals surface area contributed by atoms with Crippen molar-refractivity contribution in [2.24, 2.45) is 0 Å². The van der Waals surface area contributed by atoms with Gasteiger partial charge in [-0.15, -0.1) is 0 Å². The molecule has 0 unspecified atom stereocenters. The van der Waals surface area contributed by atoms with Crippen molar-refractivity contribution in [3.63, 3.8) is 0 Å². The SMILES string of the molecule is CC(=O)Oc1ccc(C[C@H](NC=O)C(=O)O)cc1OC(C)=O.[H-].[K+]. The molecule has 0 heterocycles. The van der Waals surface area contributed by atoms with Crippen LogP contribution in [0.5, 0.6) is 11.5 Å². The minimum Gasteiger partial charge on any atom is -1.00 e. The van der Waals surface area contributed by atoms with Crippen molar-refractivity contribution in [3.05, 3.63) is 23.8 Å². The summed E-state index contributed by atoms with van der Waals surface area (Å²) in [6.45, 7) is 2.37. The van der Waals surface area contributed by atoms with Crippen LogP contribution in [-0.2, 0) is 25.6 Å². The number of rotatable bonds is 7. The third kappa shape index (κ3) is 7.71. The molecule has 0 aliphatic heterocycles. The van der Waals surface area contributed by atoms with Crippen LogP contribution >= 0.6 is 0 Å². The first-order chi connectivity index (χ1) is 10.3. The van der Waals surface area contributed by atoms with Gasteiger partial charge in [0.15, 0.2) is 11.5 Å². The van der Waals surface area contributed by atoms with Gasteiger partial charge in [-0.05, 0) is 17.7 Å². The van der Waals surface area contributed by atoms with Crippen LogP contribution in [0.15, 0.2) is 18.2 Å². The maximum Gasteiger partial charge on any atom is 1.00 e. The van der Waals surface area contributed by atoms with Gasteiger partial charge < -0.3 is 21.3 Å². The molecule has 23 heavy (non-hydrogen) atoms. The molecule has 0 radical (unpaired) electrons. The van der Waals surface area contributed by atoms with Crippen molar-refractivity contribution in [2.75, 3.05) is 0 Å². The zero-order valence-corrected chi connectivity index (χ0v) is 16.1. The number of carboxylic acids is 1. The van der Waals surface area contributed by atoms with Gasteiger partial charge in [0.25, 0.3) is 0 Å². The first-order valence-electron chi connectivity index (χ1n) is 6.25. The van der Waals surface area contributed by atoms with Gasteiger partial charge in [-0.3, -0.25) is 14.4 Å². The molecule has 2 N–H and O–H groups in total. The Morgan fingerprint density at radius 2 is 1.78 bits per heavy atom. The number of carbonyl (C=O) groups is 4. The van der Waals surface area contributed by atoms with Crippen LogP contribution in [0.3, 0.4) is 0 Å². The molecule has 1 atom stereocenters. The van der Waals surface area contributed by atoms with E-state index in [4.69, 9.17) is 14.6 Å². The molecule has 1 aromatic carbocycles. The Labute approximate surface area is 176 Å². The summed E-state index contributed by atoms with van der Waals surface area (Å²) in [6.07, 6.45) is 0.266. The average Bonchev–Trinajstić information content (AvgIpc) is 2.40. The van der Waals surface area contributed by atoms with Crippen molar-refractivity contribution in [1.82, 2.24) is 5.32 Å². The number of ether oxygens (including phenoxy) is 2. The van der Waals surface area contributed by atoms with E-state index in [0.717, 1.165) is 0 Å². The molecule has 0 aliphatic carbocycles. The summed E-state index contributed by atoms with van der Waals surface area (Å²) in [5.41, 5.74) is 0.480. The Morgan fingerprint density at radius 1 is 1.22 bits per heavy atom. The molecule has 0 aliphatic rings. The second kappa shape index (κ2) is 10.5. The summed E-state index contributed by atoms with van der Waals surface area (Å²) in [7, 11) is 0. The smallest absolute Gasteiger partial charge is 1.00 e. The first-order valence-corrected chi connectivity index (χ1v) is 6.25. The molecule has 1 rings (SSSR count). The molecule has 0 saturated carbocycles. The molecule has 120 valence electrons. The number of carbonyl (C=O) groups excluding carboxylic acids is 3. The summed E-state index contributed by atoms with van der Waals surface area (Å²) >= 11 is 0. The topological polar surface area (TPSA) is 119 Å². The predicted octanol–water partition coefficient (Wildman–Crippen LogP) is -2.60. The number of aliphatic carboxylic acids is 1. The van der Waals surface area contributed by atoms with Gasteiger partial charge in [-0.2, -0.15) is 0 Å². The molecule has 1 aromatic rings. The zero-order valence-electron chi connectivity index (χ0n) is 14.0. The zero-order chi connectivity index (χ0) is 16.7. The van der Waals surface area contributed by atoms with E-state index < -0.39 is 23.9 Å². The summed E-state index contributed by atoms with van der Waals surface area (Å²) < 4.78 is 9.83. The second-order valence-corrected chi connectivity index (χ2v) is 4.35. The summed E-state index contributed by atoms with van der Waals surface area (Å²) in [5.74, 6) is -2.37. The Balaban J connectivity index is 0. The number of carboxylic acid groups (broad SMARTS) is 1. The standard InChI is InChI=1S/C14H15NO7.K.H/c1-8(17)21-12-4-3-10(6-13(12)22-9(2)18)5-11(14(19)20)15-7-16;;/h3-4,6-7,11H,5H2,1-2H3,(H,15,16)(H,19,20);;/q;+1;-1/t11-;;/m0../s1. The molecular formula is C14H16KNO7. The van der Waals surface area contributed by atoms with E-state index in [1.54, 1.807) is 0 Å². The molecule has 9 heteroatoms. The van der Waals surface area contributed by atoms with Crippen LogP contribution in [0.25, 0.3) is 0 Å². The molecule has 0 bridgehead atoms. The Bertz CT molecular complexity index is 609. The number of hydrogen-bond acceptors (Lipinski definition) is 6. The van der Waals surface area contributed by atoms with E-state index in [1.165, 1.54) is 32.0 Å². The van der Waals surface area contributed by atoms with Crippen molar-refractivity contribution in [2.45, 2.75) is 26.3 Å². The normalized spacial score (nSPS) is 10.7. The van der Waals surface area contributed by atoms with Gasteiger partial charge in [0.2, 0.25) is 6.41 Å². The maximum absolute atomic E-state index is 11.1. The van der Waals surface area contributed by atoms with Crippen LogP contribution in [0.4, 0.5) is 0 Å². The van der Waals surface area contributed by atoms with Crippen molar-refractivity contribution in [3.8, 4) is 11.5 Å². The van der Waals surface area contributed by atoms with Gasteiger partial charge in [0, 0.05) is 20.3 Å². The largest absolute Gasteiger partial charge is 1.00 e. The average molecular weight is 349 g/mol. The molecule has 8 nitrogen and oxygen atoms in total. The van der Waals surface area contributed by atoms with Crippen LogP contribution in [0, 0.1) is 0 Å². The minimum absolute atomic E-state index is 0. The third-order valence-electron chi connectivity index (χ3n) is 2.52. The number of esters is 2. The van der Waals surface area contributed by atoms with E-state index in [-0.39, 0.29) is 70.7 Å². The molecule has 0 fully saturated rings. The molecular weight excluding hydrogens is 333 g/mol. The van der Waals surface area contributed by atoms with E-state index >= 15 is 0 Å². The molecule has 0 saturated heterocycles. The number of amides is 1. The van der Waals surface area contributed by atoms with Crippen LogP contribution in [0.1, 0.15) is 20.8 Å². The van der Waals surface area contributed by atoms with Gasteiger partial charge in [0.1, 0.15) is 6.04 Å². The molecule has 0 aromatic heterocycles. The van der Waals surface area contributed by atoms with E-state index in [1.807, 2.05) is 0 Å². The van der Waals surface area contributed by atoms with E-state index in [0.29, 0.717) is 12.0 Å². The number of nitrogens with one attached hydrogen (secondary N) is 1. The fourth-order valence-electron chi connectivity index (χ4n) is 1.69. The van der Waals surface area contributed by atoms with Crippen molar-refractivity contribution >= 4 is 24.3 Å². The van der Waals surface area contributed by atoms with E-state index in [2.05, 4.69) is 5.32 Å². The Hall–Kier alpha value is -1.26. The Morgan fingerprint density at radius 3 is 2.26 bits per heavy atom. The number of hydrogen-bond donors (Lipinski definition) is 2. The fraction of sp³-hybridized carbons (Fsp3) is 0.286. The fourth-order valence-corrected chi connectivity index (χ4v) is 1.69. The van der Waals surface area contributed by atoms with Crippen molar-refractivity contribution in [1.29, 1.82) is 0 Å². The summed E-state index contributed by atoms with van der Waals surface area (Å²) in [4.78, 5) is 43.5. The van der Waals surface area contributed by atoms with Gasteiger partial charge in [-0.1, -0.05) is 6.07 Å². The van der Waals surface area contributed by atoms with Gasteiger partial charge >= 0.3 is 69.3 Å². The monoisotopic (exact) mass is 349 g/mol. The van der Waals surface area contributed by atoms with Gasteiger partial charge in [0.05, 0.1) is 0 Å². The van der Waals surface area contributed by atoms with Gasteiger partial charge in [-0.25, -0.2) is 4.79 Å². The molecule has 0 spiro atoms. The van der Waals surface area contributed by atoms with Crippen LogP contribution in [0.2, 0.25) is 0 Å². The quantitative estimate of drug-likeness (QED) is 0.240. The summed E-state index contributed by atoms with van der Waals surface area (Å²) in [6, 6.07) is 3.15. The van der Waals surface area contributed by atoms with Crippen LogP contribution < -0.4 is 66.2 Å².